The van der Waals surface area contributed by atoms with Gasteiger partial charge in [-0.2, -0.15) is 0 Å². The van der Waals surface area contributed by atoms with Gasteiger partial charge in [0, 0.05) is 12.6 Å². The van der Waals surface area contributed by atoms with E-state index in [-0.39, 0.29) is 0 Å². The first kappa shape index (κ1) is 8.52. The summed E-state index contributed by atoms with van der Waals surface area (Å²) in [5, 5.41) is 3.56. The lowest BCUT2D eigenvalue weighted by atomic mass is 10.1. The first-order valence-corrected chi connectivity index (χ1v) is 5.41. The number of hydrogen-bond acceptors (Lipinski definition) is 2. The average molecular weight is 168 g/mol. The van der Waals surface area contributed by atoms with Crippen molar-refractivity contribution >= 4 is 0 Å². The minimum atomic E-state index is 0.808. The van der Waals surface area contributed by atoms with E-state index in [9.17, 15) is 0 Å². The van der Waals surface area contributed by atoms with Crippen LogP contribution < -0.4 is 5.32 Å². The Morgan fingerprint density at radius 2 is 1.92 bits per heavy atom. The maximum absolute atomic E-state index is 3.56. The van der Waals surface area contributed by atoms with Crippen LogP contribution in [0.3, 0.4) is 0 Å². The second-order valence-corrected chi connectivity index (χ2v) is 4.15. The third kappa shape index (κ3) is 2.20. The molecule has 1 N–H and O–H groups in total. The molecular weight excluding hydrogens is 148 g/mol. The highest BCUT2D eigenvalue weighted by Gasteiger charge is 2.18. The molecule has 70 valence electrons. The highest BCUT2D eigenvalue weighted by atomic mass is 15.2. The molecule has 0 spiro atoms. The molecule has 12 heavy (non-hydrogen) atoms. The van der Waals surface area contributed by atoms with Gasteiger partial charge in [-0.05, 0) is 45.3 Å². The van der Waals surface area contributed by atoms with E-state index in [4.69, 9.17) is 0 Å². The van der Waals surface area contributed by atoms with Crippen molar-refractivity contribution < 1.29 is 0 Å². The van der Waals surface area contributed by atoms with Gasteiger partial charge in [-0.25, -0.2) is 0 Å². The molecule has 2 aliphatic heterocycles. The fourth-order valence-electron chi connectivity index (χ4n) is 2.37. The molecule has 2 saturated heterocycles. The van der Waals surface area contributed by atoms with Gasteiger partial charge in [0.1, 0.15) is 0 Å². The molecule has 0 aromatic rings. The van der Waals surface area contributed by atoms with E-state index < -0.39 is 0 Å². The van der Waals surface area contributed by atoms with Gasteiger partial charge in [0.15, 0.2) is 0 Å². The van der Waals surface area contributed by atoms with Crippen molar-refractivity contribution in [1.82, 2.24) is 10.2 Å². The molecule has 2 rings (SSSR count). The lowest BCUT2D eigenvalue weighted by molar-refractivity contribution is 0.210. The van der Waals surface area contributed by atoms with Gasteiger partial charge in [0.05, 0.1) is 0 Å². The van der Waals surface area contributed by atoms with Crippen molar-refractivity contribution in [2.75, 3.05) is 26.2 Å². The zero-order valence-corrected chi connectivity index (χ0v) is 7.89. The summed E-state index contributed by atoms with van der Waals surface area (Å²) in [7, 11) is 0. The van der Waals surface area contributed by atoms with Gasteiger partial charge in [0.25, 0.3) is 0 Å². The largest absolute Gasteiger partial charge is 0.313 e. The molecule has 0 saturated carbocycles. The quantitative estimate of drug-likeness (QED) is 0.667. The van der Waals surface area contributed by atoms with E-state index >= 15 is 0 Å². The van der Waals surface area contributed by atoms with Crippen LogP contribution in [0, 0.1) is 0 Å². The number of nitrogens with zero attached hydrogens (tertiary/aromatic N) is 1. The second-order valence-electron chi connectivity index (χ2n) is 4.15. The Labute approximate surface area is 75.3 Å². The zero-order chi connectivity index (χ0) is 8.23. The molecule has 2 fully saturated rings. The second kappa shape index (κ2) is 4.24. The molecule has 2 heteroatoms. The highest BCUT2D eigenvalue weighted by molar-refractivity contribution is 4.78. The normalized spacial score (nSPS) is 32.5. The molecular formula is C10H20N2. The molecule has 0 aromatic carbocycles. The molecule has 0 aliphatic carbocycles. The standard InChI is InChI=1S/C10H20N2/c1-2-7-12(8-3-1)9-10-5-4-6-11-10/h10-11H,1-9H2/t10-/m1/s1. The van der Waals surface area contributed by atoms with E-state index in [1.54, 1.807) is 0 Å². The minimum absolute atomic E-state index is 0.808. The lowest BCUT2D eigenvalue weighted by Crippen LogP contribution is -2.40. The maximum Gasteiger partial charge on any atom is 0.0195 e. The van der Waals surface area contributed by atoms with E-state index in [2.05, 4.69) is 10.2 Å². The summed E-state index contributed by atoms with van der Waals surface area (Å²) in [6.07, 6.45) is 7.09. The summed E-state index contributed by atoms with van der Waals surface area (Å²) in [6.45, 7) is 5.24. The van der Waals surface area contributed by atoms with Crippen molar-refractivity contribution in [3.05, 3.63) is 0 Å². The predicted octanol–water partition coefficient (Wildman–Crippen LogP) is 1.22. The van der Waals surface area contributed by atoms with E-state index in [0.29, 0.717) is 0 Å². The number of hydrogen-bond donors (Lipinski definition) is 1. The monoisotopic (exact) mass is 168 g/mol. The Kier molecular flexibility index (Phi) is 3.01. The van der Waals surface area contributed by atoms with E-state index in [1.165, 1.54) is 58.3 Å². The number of nitrogens with one attached hydrogen (secondary N) is 1. The Bertz CT molecular complexity index is 124. The Hall–Kier alpha value is -0.0800. The van der Waals surface area contributed by atoms with Crippen molar-refractivity contribution in [3.63, 3.8) is 0 Å². The minimum Gasteiger partial charge on any atom is -0.313 e. The molecule has 2 nitrogen and oxygen atoms in total. The van der Waals surface area contributed by atoms with Crippen LogP contribution in [0.2, 0.25) is 0 Å². The van der Waals surface area contributed by atoms with E-state index in [1.807, 2.05) is 0 Å². The third-order valence-corrected chi connectivity index (χ3v) is 3.09. The molecule has 2 heterocycles. The number of piperidine rings is 1. The van der Waals surface area contributed by atoms with Crippen LogP contribution in [0.25, 0.3) is 0 Å². The summed E-state index contributed by atoms with van der Waals surface area (Å²) < 4.78 is 0. The van der Waals surface area contributed by atoms with Crippen LogP contribution in [0.4, 0.5) is 0 Å². The molecule has 0 aromatic heterocycles. The summed E-state index contributed by atoms with van der Waals surface area (Å²) in [6, 6.07) is 0.808. The Morgan fingerprint density at radius 1 is 1.08 bits per heavy atom. The van der Waals surface area contributed by atoms with Gasteiger partial charge in [-0.3, -0.25) is 0 Å². The molecule has 1 atom stereocenters. The van der Waals surface area contributed by atoms with Crippen LogP contribution in [0.1, 0.15) is 32.1 Å². The molecule has 0 amide bonds. The van der Waals surface area contributed by atoms with Crippen molar-refractivity contribution in [3.8, 4) is 0 Å². The average Bonchev–Trinajstić information content (AvgIpc) is 2.59. The maximum atomic E-state index is 3.56. The van der Waals surface area contributed by atoms with Crippen molar-refractivity contribution in [2.45, 2.75) is 38.1 Å². The highest BCUT2D eigenvalue weighted by Crippen LogP contribution is 2.12. The lowest BCUT2D eigenvalue weighted by Gasteiger charge is -2.28. The molecule has 0 unspecified atom stereocenters. The predicted molar refractivity (Wildman–Crippen MR) is 51.3 cm³/mol. The van der Waals surface area contributed by atoms with Gasteiger partial charge in [-0.15, -0.1) is 0 Å². The van der Waals surface area contributed by atoms with Crippen molar-refractivity contribution in [2.24, 2.45) is 0 Å². The van der Waals surface area contributed by atoms with Gasteiger partial charge in [-0.1, -0.05) is 6.42 Å². The Morgan fingerprint density at radius 3 is 2.58 bits per heavy atom. The number of likely N-dealkylation sites (tertiary alicyclic amines) is 1. The first-order valence-electron chi connectivity index (χ1n) is 5.41. The van der Waals surface area contributed by atoms with Crippen LogP contribution >= 0.6 is 0 Å². The summed E-state index contributed by atoms with van der Waals surface area (Å²) in [4.78, 5) is 2.63. The smallest absolute Gasteiger partial charge is 0.0195 e. The first-order chi connectivity index (χ1) is 5.95. The SMILES string of the molecule is C1CCN(C[C@H]2CCCN2)CC1. The molecule has 2 aliphatic rings. The Balaban J connectivity index is 1.69. The molecule has 0 bridgehead atoms. The van der Waals surface area contributed by atoms with Gasteiger partial charge >= 0.3 is 0 Å². The summed E-state index contributed by atoms with van der Waals surface area (Å²) >= 11 is 0. The van der Waals surface area contributed by atoms with Crippen LogP contribution in [0.15, 0.2) is 0 Å². The fraction of sp³-hybridized carbons (Fsp3) is 1.00. The molecule has 0 radical (unpaired) electrons. The van der Waals surface area contributed by atoms with Gasteiger partial charge in [0.2, 0.25) is 0 Å². The summed E-state index contributed by atoms with van der Waals surface area (Å²) in [5.74, 6) is 0. The fourth-order valence-corrected chi connectivity index (χ4v) is 2.37. The topological polar surface area (TPSA) is 15.3 Å². The summed E-state index contributed by atoms with van der Waals surface area (Å²) in [5.41, 5.74) is 0. The van der Waals surface area contributed by atoms with Crippen LogP contribution in [0.5, 0.6) is 0 Å². The van der Waals surface area contributed by atoms with Gasteiger partial charge < -0.3 is 10.2 Å². The van der Waals surface area contributed by atoms with Crippen molar-refractivity contribution in [1.29, 1.82) is 0 Å². The van der Waals surface area contributed by atoms with E-state index in [0.717, 1.165) is 6.04 Å². The van der Waals surface area contributed by atoms with Crippen LogP contribution in [-0.2, 0) is 0 Å². The van der Waals surface area contributed by atoms with Crippen LogP contribution in [-0.4, -0.2) is 37.1 Å². The third-order valence-electron chi connectivity index (χ3n) is 3.09. The number of rotatable bonds is 2. The zero-order valence-electron chi connectivity index (χ0n) is 7.89.